The van der Waals surface area contributed by atoms with Crippen LogP contribution in [0.15, 0.2) is 42.0 Å². The maximum atomic E-state index is 11.7. The van der Waals surface area contributed by atoms with E-state index in [2.05, 4.69) is 51.8 Å². The molecule has 0 saturated heterocycles. The minimum Gasteiger partial charge on any atom is -0.716 e. The van der Waals surface area contributed by atoms with Gasteiger partial charge in [-0.2, -0.15) is 0 Å². The van der Waals surface area contributed by atoms with E-state index in [1.54, 1.807) is 5.57 Å². The van der Waals surface area contributed by atoms with Crippen LogP contribution >= 0.6 is 0 Å². The summed E-state index contributed by atoms with van der Waals surface area (Å²) in [7, 11) is -10.2. The van der Waals surface area contributed by atoms with Crippen molar-refractivity contribution in [3.05, 3.63) is 47.6 Å². The van der Waals surface area contributed by atoms with E-state index in [9.17, 15) is 25.9 Å². The van der Waals surface area contributed by atoms with Crippen molar-refractivity contribution in [1.82, 2.24) is 0 Å². The standard InChI is InChI=1S/C36H54O8S2.2Na/c1-24-13-15-29-30(11-9-18-33(29,4)5)34(24,6)20-21-36-19-17-25(2)35(7,32(36)12-8-10-26(36)3)23-27-22-28(43-45(37,38)39)14-16-31(27)44-46(40,41)42;;/h14-16,22,24-25,30,32H,3,8-13,17-21,23H2,1-2,4-7H3,(H,37,38,39)(H,40,41,42);;/q;2*+1/p-2/t24-,25+,30+,32-,34+,35+,36+;;/m0../s1. The van der Waals surface area contributed by atoms with Crippen LogP contribution in [0, 0.1) is 45.3 Å². The summed E-state index contributed by atoms with van der Waals surface area (Å²) < 4.78 is 78.7. The van der Waals surface area contributed by atoms with Crippen molar-refractivity contribution in [3.63, 3.8) is 0 Å². The molecule has 48 heavy (non-hydrogen) atoms. The van der Waals surface area contributed by atoms with Crippen molar-refractivity contribution in [2.24, 2.45) is 45.3 Å². The second-order valence-corrected chi connectivity index (χ2v) is 18.2. The molecule has 0 radical (unpaired) electrons. The third-order valence-electron chi connectivity index (χ3n) is 13.5. The molecule has 3 saturated carbocycles. The van der Waals surface area contributed by atoms with Gasteiger partial charge in [-0.25, -0.2) is 16.8 Å². The molecule has 0 spiro atoms. The summed E-state index contributed by atoms with van der Waals surface area (Å²) in [5.74, 6) is 1.20. The van der Waals surface area contributed by atoms with Crippen LogP contribution in [-0.2, 0) is 27.2 Å². The molecule has 3 fully saturated rings. The first-order valence-electron chi connectivity index (χ1n) is 17.0. The molecule has 1 aromatic carbocycles. The van der Waals surface area contributed by atoms with Crippen molar-refractivity contribution in [2.75, 3.05) is 0 Å². The van der Waals surface area contributed by atoms with Crippen LogP contribution in [0.5, 0.6) is 11.5 Å². The first kappa shape index (κ1) is 42.5. The van der Waals surface area contributed by atoms with Gasteiger partial charge in [-0.05, 0) is 134 Å². The van der Waals surface area contributed by atoms with Gasteiger partial charge in [0.05, 0.1) is 0 Å². The Morgan fingerprint density at radius 2 is 1.52 bits per heavy atom. The fraction of sp³-hybridized carbons (Fsp3) is 0.722. The fourth-order valence-electron chi connectivity index (χ4n) is 10.4. The summed E-state index contributed by atoms with van der Waals surface area (Å²) in [5, 5.41) is 0. The summed E-state index contributed by atoms with van der Waals surface area (Å²) in [6.07, 6.45) is 14.9. The Hall–Kier alpha value is 0.120. The molecule has 5 rings (SSSR count). The molecule has 0 aliphatic heterocycles. The first-order chi connectivity index (χ1) is 21.2. The summed E-state index contributed by atoms with van der Waals surface area (Å²) in [4.78, 5) is 0. The van der Waals surface area contributed by atoms with Crippen LogP contribution in [0.25, 0.3) is 0 Å². The molecule has 4 aliphatic carbocycles. The SMILES string of the molecule is C=C1CCC[C@@H]2[C@@]1(CC[C@@]1(C)[C@@H]3CCCC(C)(C)C3=CC[C@@H]1C)CC[C@@H](C)[C@@]2(C)Cc1cc(OS(=O)(=O)[O-])ccc1OS(=O)(=O)[O-].[Na+].[Na+]. The van der Waals surface area contributed by atoms with Crippen molar-refractivity contribution < 1.29 is 93.4 Å². The molecule has 0 bridgehead atoms. The summed E-state index contributed by atoms with van der Waals surface area (Å²) >= 11 is 0. The number of hydrogen-bond acceptors (Lipinski definition) is 8. The molecule has 8 nitrogen and oxygen atoms in total. The molecule has 258 valence electrons. The van der Waals surface area contributed by atoms with Gasteiger partial charge in [0.25, 0.3) is 20.8 Å². The van der Waals surface area contributed by atoms with Crippen LogP contribution < -0.4 is 67.5 Å². The summed E-state index contributed by atoms with van der Waals surface area (Å²) in [5.41, 5.74) is 3.25. The zero-order valence-electron chi connectivity index (χ0n) is 30.4. The van der Waals surface area contributed by atoms with Crippen molar-refractivity contribution in [1.29, 1.82) is 0 Å². The topological polar surface area (TPSA) is 133 Å². The quantitative estimate of drug-likeness (QED) is 0.164. The first-order valence-corrected chi connectivity index (χ1v) is 19.7. The van der Waals surface area contributed by atoms with Gasteiger partial charge in [0.15, 0.2) is 0 Å². The predicted octanol–water partition coefficient (Wildman–Crippen LogP) is 2.27. The Bertz CT molecular complexity index is 1610. The van der Waals surface area contributed by atoms with Gasteiger partial charge in [-0.3, -0.25) is 0 Å². The Morgan fingerprint density at radius 1 is 0.854 bits per heavy atom. The zero-order valence-corrected chi connectivity index (χ0v) is 36.0. The Balaban J connectivity index is 0.00000312. The van der Waals surface area contributed by atoms with Gasteiger partial charge in [0.2, 0.25) is 0 Å². The van der Waals surface area contributed by atoms with Gasteiger partial charge < -0.3 is 17.5 Å². The maximum absolute atomic E-state index is 11.7. The van der Waals surface area contributed by atoms with Gasteiger partial charge in [0, 0.05) is 5.56 Å². The molecule has 1 aromatic rings. The number of hydrogen-bond donors (Lipinski definition) is 0. The van der Waals surface area contributed by atoms with Crippen molar-refractivity contribution >= 4 is 20.8 Å². The Morgan fingerprint density at radius 3 is 2.17 bits per heavy atom. The van der Waals surface area contributed by atoms with E-state index in [4.69, 9.17) is 10.8 Å². The molecule has 0 heterocycles. The third kappa shape index (κ3) is 8.50. The van der Waals surface area contributed by atoms with Gasteiger partial charge in [-0.1, -0.05) is 71.8 Å². The number of rotatable bonds is 9. The second kappa shape index (κ2) is 15.2. The monoisotopic (exact) mass is 722 g/mol. The van der Waals surface area contributed by atoms with Crippen LogP contribution in [0.4, 0.5) is 0 Å². The zero-order chi connectivity index (χ0) is 33.9. The maximum Gasteiger partial charge on any atom is 1.00 e. The summed E-state index contributed by atoms with van der Waals surface area (Å²) in [6.45, 7) is 19.0. The molecule has 12 heteroatoms. The second-order valence-electron chi connectivity index (χ2n) is 16.2. The van der Waals surface area contributed by atoms with Crippen LogP contribution in [0.1, 0.15) is 118 Å². The molecule has 7 atom stereocenters. The third-order valence-corrected chi connectivity index (χ3v) is 14.2. The van der Waals surface area contributed by atoms with Crippen molar-refractivity contribution in [2.45, 2.75) is 119 Å². The van der Waals surface area contributed by atoms with E-state index in [0.717, 1.165) is 57.4 Å². The largest absolute Gasteiger partial charge is 1.00 e. The van der Waals surface area contributed by atoms with Gasteiger partial charge >= 0.3 is 59.1 Å². The fourth-order valence-corrected chi connectivity index (χ4v) is 11.2. The number of allylic oxidation sites excluding steroid dienone is 3. The Kier molecular flexibility index (Phi) is 13.5. The van der Waals surface area contributed by atoms with E-state index in [-0.39, 0.29) is 104 Å². The van der Waals surface area contributed by atoms with Crippen molar-refractivity contribution in [3.8, 4) is 11.5 Å². The molecule has 0 amide bonds. The van der Waals surface area contributed by atoms with Crippen LogP contribution in [-0.4, -0.2) is 25.9 Å². The van der Waals surface area contributed by atoms with E-state index in [0.29, 0.717) is 23.8 Å². The minimum absolute atomic E-state index is 0. The average molecular weight is 723 g/mol. The molecule has 0 unspecified atom stereocenters. The van der Waals surface area contributed by atoms with Crippen LogP contribution in [0.2, 0.25) is 0 Å². The number of benzene rings is 1. The molecular formula is C36H52Na2O8S2. The minimum atomic E-state index is -5.11. The summed E-state index contributed by atoms with van der Waals surface area (Å²) in [6, 6.07) is 3.64. The van der Waals surface area contributed by atoms with Gasteiger partial charge in [-0.15, -0.1) is 0 Å². The molecule has 4 aliphatic rings. The Labute approximate surface area is 334 Å². The number of fused-ring (bicyclic) bond motifs is 2. The smallest absolute Gasteiger partial charge is 0.716 e. The average Bonchev–Trinajstić information content (AvgIpc) is 2.93. The van der Waals surface area contributed by atoms with Crippen LogP contribution in [0.3, 0.4) is 0 Å². The molecule has 0 aromatic heterocycles. The van der Waals surface area contributed by atoms with Gasteiger partial charge in [0.1, 0.15) is 11.5 Å². The van der Waals surface area contributed by atoms with E-state index in [1.807, 2.05) is 0 Å². The van der Waals surface area contributed by atoms with E-state index in [1.165, 1.54) is 37.0 Å². The molecule has 0 N–H and O–H groups in total. The molecular weight excluding hydrogens is 671 g/mol. The van der Waals surface area contributed by atoms with E-state index < -0.39 is 20.8 Å². The van der Waals surface area contributed by atoms with E-state index >= 15 is 0 Å². The normalized spacial score (nSPS) is 34.8. The predicted molar refractivity (Wildman–Crippen MR) is 177 cm³/mol.